The third-order valence-electron chi connectivity index (χ3n) is 4.51. The first-order valence-corrected chi connectivity index (χ1v) is 9.33. The lowest BCUT2D eigenvalue weighted by Crippen LogP contribution is -2.40. The second-order valence-electron chi connectivity index (χ2n) is 6.45. The van der Waals surface area contributed by atoms with Crippen LogP contribution in [-0.2, 0) is 12.8 Å². The molecule has 2 aromatic carbocycles. The summed E-state index contributed by atoms with van der Waals surface area (Å²) in [6.07, 6.45) is 1.90. The highest BCUT2D eigenvalue weighted by Crippen LogP contribution is 2.25. The van der Waals surface area contributed by atoms with Crippen LogP contribution in [0.25, 0.3) is 0 Å². The van der Waals surface area contributed by atoms with Crippen molar-refractivity contribution in [2.24, 2.45) is 4.99 Å². The van der Waals surface area contributed by atoms with Crippen LogP contribution in [0.3, 0.4) is 0 Å². The maximum Gasteiger partial charge on any atom is 0.269 e. The molecule has 2 aromatic rings. The lowest BCUT2D eigenvalue weighted by atomic mass is 10.1. The van der Waals surface area contributed by atoms with Gasteiger partial charge in [0, 0.05) is 50.9 Å². The Morgan fingerprint density at radius 1 is 1.14 bits per heavy atom. The van der Waals surface area contributed by atoms with Gasteiger partial charge in [0.25, 0.3) is 5.69 Å². The summed E-state index contributed by atoms with van der Waals surface area (Å²) in [6.45, 7) is 2.91. The summed E-state index contributed by atoms with van der Waals surface area (Å²) in [6, 6.07) is 12.8. The molecule has 3 rings (SSSR count). The normalized spacial score (nSPS) is 12.8. The standard InChI is InChI=1S/C20H25N5O3/c1-21-20(23-10-8-15-2-7-19-16(14-15)9-13-28-19)24-12-11-22-17-3-5-18(6-4-17)25(26)27/h2-7,14,22H,8-13H2,1H3,(H2,21,23,24). The second kappa shape index (κ2) is 9.59. The van der Waals surface area contributed by atoms with Crippen molar-refractivity contribution < 1.29 is 9.66 Å². The molecule has 0 spiro atoms. The number of fused-ring (bicyclic) bond motifs is 1. The van der Waals surface area contributed by atoms with Crippen LogP contribution in [0.2, 0.25) is 0 Å². The van der Waals surface area contributed by atoms with Crippen molar-refractivity contribution in [1.29, 1.82) is 0 Å². The molecule has 1 heterocycles. The van der Waals surface area contributed by atoms with Gasteiger partial charge in [-0.3, -0.25) is 15.1 Å². The number of benzene rings is 2. The van der Waals surface area contributed by atoms with Crippen molar-refractivity contribution in [3.63, 3.8) is 0 Å². The minimum Gasteiger partial charge on any atom is -0.493 e. The average molecular weight is 383 g/mol. The van der Waals surface area contributed by atoms with E-state index in [4.69, 9.17) is 4.74 Å². The van der Waals surface area contributed by atoms with E-state index >= 15 is 0 Å². The second-order valence-corrected chi connectivity index (χ2v) is 6.45. The lowest BCUT2D eigenvalue weighted by molar-refractivity contribution is -0.384. The lowest BCUT2D eigenvalue weighted by Gasteiger charge is -2.13. The summed E-state index contributed by atoms with van der Waals surface area (Å²) < 4.78 is 5.54. The zero-order valence-electron chi connectivity index (χ0n) is 15.9. The third kappa shape index (κ3) is 5.35. The van der Waals surface area contributed by atoms with Crippen LogP contribution in [0, 0.1) is 10.1 Å². The molecule has 8 heteroatoms. The molecule has 28 heavy (non-hydrogen) atoms. The molecule has 1 aliphatic rings. The number of nitro groups is 1. The molecule has 0 radical (unpaired) electrons. The number of nitrogens with zero attached hydrogens (tertiary/aromatic N) is 2. The van der Waals surface area contributed by atoms with Gasteiger partial charge in [-0.05, 0) is 35.7 Å². The Kier molecular flexibility index (Phi) is 6.67. The molecule has 0 bridgehead atoms. The number of hydrogen-bond acceptors (Lipinski definition) is 5. The predicted molar refractivity (Wildman–Crippen MR) is 110 cm³/mol. The van der Waals surface area contributed by atoms with E-state index in [9.17, 15) is 10.1 Å². The fourth-order valence-electron chi connectivity index (χ4n) is 3.03. The summed E-state index contributed by atoms with van der Waals surface area (Å²) in [5, 5.41) is 20.4. The summed E-state index contributed by atoms with van der Waals surface area (Å²) in [5.74, 6) is 1.75. The van der Waals surface area contributed by atoms with Crippen molar-refractivity contribution in [3.8, 4) is 5.75 Å². The highest BCUT2D eigenvalue weighted by molar-refractivity contribution is 5.79. The van der Waals surface area contributed by atoms with Crippen molar-refractivity contribution in [2.75, 3.05) is 38.6 Å². The molecule has 0 aromatic heterocycles. The SMILES string of the molecule is CN=C(NCCNc1ccc([N+](=O)[O-])cc1)NCCc1ccc2c(c1)CCO2. The van der Waals surface area contributed by atoms with Gasteiger partial charge in [-0.15, -0.1) is 0 Å². The topological polar surface area (TPSA) is 101 Å². The summed E-state index contributed by atoms with van der Waals surface area (Å²) in [4.78, 5) is 14.5. The predicted octanol–water partition coefficient (Wildman–Crippen LogP) is 2.35. The molecule has 1 aliphatic heterocycles. The third-order valence-corrected chi connectivity index (χ3v) is 4.51. The monoisotopic (exact) mass is 383 g/mol. The number of anilines is 1. The number of rotatable bonds is 8. The molecule has 3 N–H and O–H groups in total. The van der Waals surface area contributed by atoms with Gasteiger partial charge in [0.1, 0.15) is 5.75 Å². The van der Waals surface area contributed by atoms with Crippen molar-refractivity contribution in [3.05, 3.63) is 63.7 Å². The maximum atomic E-state index is 10.7. The van der Waals surface area contributed by atoms with Gasteiger partial charge >= 0.3 is 0 Å². The minimum atomic E-state index is -0.405. The molecule has 0 saturated heterocycles. The smallest absolute Gasteiger partial charge is 0.269 e. The first kappa shape index (κ1) is 19.5. The highest BCUT2D eigenvalue weighted by atomic mass is 16.6. The Labute approximate surface area is 164 Å². The van der Waals surface area contributed by atoms with Gasteiger partial charge in [0.2, 0.25) is 0 Å². The summed E-state index contributed by atoms with van der Waals surface area (Å²) >= 11 is 0. The largest absolute Gasteiger partial charge is 0.493 e. The van der Waals surface area contributed by atoms with Crippen LogP contribution >= 0.6 is 0 Å². The van der Waals surface area contributed by atoms with Crippen LogP contribution in [0.5, 0.6) is 5.75 Å². The molecule has 8 nitrogen and oxygen atoms in total. The number of guanidine groups is 1. The van der Waals surface area contributed by atoms with Crippen molar-refractivity contribution in [2.45, 2.75) is 12.8 Å². The van der Waals surface area contributed by atoms with Gasteiger partial charge < -0.3 is 20.7 Å². The zero-order valence-corrected chi connectivity index (χ0v) is 15.9. The molecule has 0 amide bonds. The minimum absolute atomic E-state index is 0.0872. The number of nitrogens with one attached hydrogen (secondary N) is 3. The molecule has 0 unspecified atom stereocenters. The van der Waals surface area contributed by atoms with Crippen molar-refractivity contribution in [1.82, 2.24) is 10.6 Å². The van der Waals surface area contributed by atoms with Crippen LogP contribution in [0.4, 0.5) is 11.4 Å². The van der Waals surface area contributed by atoms with E-state index in [1.165, 1.54) is 23.3 Å². The fourth-order valence-corrected chi connectivity index (χ4v) is 3.03. The van der Waals surface area contributed by atoms with Crippen LogP contribution in [-0.4, -0.2) is 44.2 Å². The Hall–Kier alpha value is -3.29. The van der Waals surface area contributed by atoms with Gasteiger partial charge in [-0.1, -0.05) is 12.1 Å². The average Bonchev–Trinajstić information content (AvgIpc) is 3.18. The number of ether oxygens (including phenoxy) is 1. The van der Waals surface area contributed by atoms with Gasteiger partial charge in [0.05, 0.1) is 11.5 Å². The number of nitro benzene ring substituents is 1. The molecule has 148 valence electrons. The Morgan fingerprint density at radius 2 is 1.93 bits per heavy atom. The fraction of sp³-hybridized carbons (Fsp3) is 0.350. The summed E-state index contributed by atoms with van der Waals surface area (Å²) in [5.41, 5.74) is 3.50. The summed E-state index contributed by atoms with van der Waals surface area (Å²) in [7, 11) is 1.74. The van der Waals surface area contributed by atoms with Gasteiger partial charge in [0.15, 0.2) is 5.96 Å². The van der Waals surface area contributed by atoms with E-state index < -0.39 is 4.92 Å². The molecular formula is C20H25N5O3. The molecule has 0 atom stereocenters. The quantitative estimate of drug-likeness (QED) is 0.213. The van der Waals surface area contributed by atoms with Gasteiger partial charge in [-0.2, -0.15) is 0 Å². The van der Waals surface area contributed by atoms with Crippen molar-refractivity contribution >= 4 is 17.3 Å². The molecule has 0 fully saturated rings. The van der Waals surface area contributed by atoms with E-state index in [0.29, 0.717) is 13.1 Å². The zero-order chi connectivity index (χ0) is 19.8. The highest BCUT2D eigenvalue weighted by Gasteiger charge is 2.11. The van der Waals surface area contributed by atoms with Crippen LogP contribution in [0.1, 0.15) is 11.1 Å². The Bertz CT molecular complexity index is 836. The van der Waals surface area contributed by atoms with Crippen LogP contribution < -0.4 is 20.7 Å². The molecule has 0 saturated carbocycles. The van der Waals surface area contributed by atoms with E-state index in [1.807, 2.05) is 0 Å². The Balaban J connectivity index is 1.35. The van der Waals surface area contributed by atoms with Gasteiger partial charge in [-0.25, -0.2) is 0 Å². The van der Waals surface area contributed by atoms with E-state index in [2.05, 4.69) is 39.1 Å². The van der Waals surface area contributed by atoms with Crippen LogP contribution in [0.15, 0.2) is 47.5 Å². The van der Waals surface area contributed by atoms with E-state index in [0.717, 1.165) is 43.4 Å². The number of aliphatic imine (C=N–C) groups is 1. The first-order valence-electron chi connectivity index (χ1n) is 9.33. The molecular weight excluding hydrogens is 358 g/mol. The maximum absolute atomic E-state index is 10.7. The van der Waals surface area contributed by atoms with E-state index in [1.54, 1.807) is 19.2 Å². The number of hydrogen-bond donors (Lipinski definition) is 3. The number of non-ortho nitro benzene ring substituents is 1. The van der Waals surface area contributed by atoms with E-state index in [-0.39, 0.29) is 5.69 Å². The first-order chi connectivity index (χ1) is 13.7. The molecule has 0 aliphatic carbocycles. The Morgan fingerprint density at radius 3 is 2.68 bits per heavy atom.